The van der Waals surface area contributed by atoms with Crippen molar-refractivity contribution in [3.05, 3.63) is 18.2 Å². The van der Waals surface area contributed by atoms with Gasteiger partial charge in [0, 0.05) is 31.8 Å². The number of aromatic nitrogens is 2. The standard InChI is InChI=1S/C12H20N2O/c1-4-6-14-7-5-13-12(14)9-10(2)8-11(3)15/h5,7,10H,4,6,8-9H2,1-3H3. The number of aryl methyl sites for hydroxylation is 1. The maximum atomic E-state index is 11.0. The Hall–Kier alpha value is -1.12. The minimum Gasteiger partial charge on any atom is -0.335 e. The molecule has 0 aromatic carbocycles. The topological polar surface area (TPSA) is 34.9 Å². The minimum absolute atomic E-state index is 0.260. The highest BCUT2D eigenvalue weighted by molar-refractivity contribution is 5.75. The zero-order valence-corrected chi connectivity index (χ0v) is 9.86. The van der Waals surface area contributed by atoms with Crippen molar-refractivity contribution >= 4 is 5.78 Å². The van der Waals surface area contributed by atoms with E-state index in [-0.39, 0.29) is 5.78 Å². The van der Waals surface area contributed by atoms with Crippen LogP contribution in [0, 0.1) is 5.92 Å². The van der Waals surface area contributed by atoms with Crippen LogP contribution in [0.15, 0.2) is 12.4 Å². The molecule has 84 valence electrons. The molecular weight excluding hydrogens is 188 g/mol. The van der Waals surface area contributed by atoms with Gasteiger partial charge in [0.1, 0.15) is 11.6 Å². The van der Waals surface area contributed by atoms with Crippen molar-refractivity contribution in [3.63, 3.8) is 0 Å². The maximum absolute atomic E-state index is 11.0. The fraction of sp³-hybridized carbons (Fsp3) is 0.667. The summed E-state index contributed by atoms with van der Waals surface area (Å²) in [5, 5.41) is 0. The highest BCUT2D eigenvalue weighted by Gasteiger charge is 2.10. The van der Waals surface area contributed by atoms with E-state index in [1.807, 2.05) is 12.4 Å². The van der Waals surface area contributed by atoms with Gasteiger partial charge in [-0.2, -0.15) is 0 Å². The fourth-order valence-electron chi connectivity index (χ4n) is 1.85. The molecule has 3 heteroatoms. The molecule has 0 N–H and O–H groups in total. The van der Waals surface area contributed by atoms with Gasteiger partial charge < -0.3 is 9.36 Å². The number of ketones is 1. The van der Waals surface area contributed by atoms with Gasteiger partial charge in [-0.1, -0.05) is 13.8 Å². The van der Waals surface area contributed by atoms with E-state index in [1.54, 1.807) is 6.92 Å². The molecular formula is C12H20N2O. The summed E-state index contributed by atoms with van der Waals surface area (Å²) in [6.07, 6.45) is 6.51. The quantitative estimate of drug-likeness (QED) is 0.719. The Morgan fingerprint density at radius 1 is 1.60 bits per heavy atom. The molecule has 0 radical (unpaired) electrons. The summed E-state index contributed by atoms with van der Waals surface area (Å²) in [6, 6.07) is 0. The lowest BCUT2D eigenvalue weighted by molar-refractivity contribution is -0.117. The van der Waals surface area contributed by atoms with Crippen LogP contribution in [0.25, 0.3) is 0 Å². The van der Waals surface area contributed by atoms with E-state index in [9.17, 15) is 4.79 Å². The molecule has 0 aliphatic rings. The highest BCUT2D eigenvalue weighted by Crippen LogP contribution is 2.11. The maximum Gasteiger partial charge on any atom is 0.130 e. The summed E-state index contributed by atoms with van der Waals surface area (Å²) in [5.74, 6) is 1.75. The predicted octanol–water partition coefficient (Wildman–Crippen LogP) is 2.45. The fourth-order valence-corrected chi connectivity index (χ4v) is 1.85. The number of hydrogen-bond acceptors (Lipinski definition) is 2. The summed E-state index contributed by atoms with van der Waals surface area (Å²) >= 11 is 0. The summed E-state index contributed by atoms with van der Waals surface area (Å²) in [6.45, 7) is 6.92. The SMILES string of the molecule is CCCn1ccnc1CC(C)CC(C)=O. The molecule has 1 aromatic heterocycles. The van der Waals surface area contributed by atoms with E-state index in [0.29, 0.717) is 12.3 Å². The Morgan fingerprint density at radius 3 is 2.93 bits per heavy atom. The summed E-state index contributed by atoms with van der Waals surface area (Å²) in [4.78, 5) is 15.3. The third-order valence-corrected chi connectivity index (χ3v) is 2.43. The van der Waals surface area contributed by atoms with Crippen molar-refractivity contribution < 1.29 is 4.79 Å². The van der Waals surface area contributed by atoms with Gasteiger partial charge in [0.05, 0.1) is 0 Å². The number of carbonyl (C=O) groups excluding carboxylic acids is 1. The molecule has 3 nitrogen and oxygen atoms in total. The highest BCUT2D eigenvalue weighted by atomic mass is 16.1. The van der Waals surface area contributed by atoms with Crippen molar-refractivity contribution in [2.24, 2.45) is 5.92 Å². The van der Waals surface area contributed by atoms with Crippen molar-refractivity contribution in [2.45, 2.75) is 46.6 Å². The molecule has 1 unspecified atom stereocenters. The first kappa shape index (κ1) is 12.0. The normalized spacial score (nSPS) is 12.7. The lowest BCUT2D eigenvalue weighted by Gasteiger charge is -2.10. The molecule has 0 fully saturated rings. The monoisotopic (exact) mass is 208 g/mol. The lowest BCUT2D eigenvalue weighted by atomic mass is 10.0. The van der Waals surface area contributed by atoms with Gasteiger partial charge in [-0.3, -0.25) is 0 Å². The van der Waals surface area contributed by atoms with Crippen LogP contribution in [0.1, 0.15) is 39.4 Å². The van der Waals surface area contributed by atoms with Crippen molar-refractivity contribution in [1.82, 2.24) is 9.55 Å². The third kappa shape index (κ3) is 3.86. The van der Waals surface area contributed by atoms with E-state index in [4.69, 9.17) is 0 Å². The average molecular weight is 208 g/mol. The molecule has 0 bridgehead atoms. The first-order valence-electron chi connectivity index (χ1n) is 5.63. The van der Waals surface area contributed by atoms with Crippen LogP contribution in [0.4, 0.5) is 0 Å². The van der Waals surface area contributed by atoms with E-state index < -0.39 is 0 Å². The van der Waals surface area contributed by atoms with Crippen molar-refractivity contribution in [2.75, 3.05) is 0 Å². The van der Waals surface area contributed by atoms with Crippen LogP contribution in [0.5, 0.6) is 0 Å². The third-order valence-electron chi connectivity index (χ3n) is 2.43. The number of nitrogens with zero attached hydrogens (tertiary/aromatic N) is 2. The Balaban J connectivity index is 2.55. The Bertz CT molecular complexity index is 317. The smallest absolute Gasteiger partial charge is 0.130 e. The van der Waals surface area contributed by atoms with Gasteiger partial charge in [-0.25, -0.2) is 4.98 Å². The number of hydrogen-bond donors (Lipinski definition) is 0. The number of carbonyl (C=O) groups is 1. The summed E-state index contributed by atoms with van der Waals surface area (Å²) in [5.41, 5.74) is 0. The molecule has 1 atom stereocenters. The van der Waals surface area contributed by atoms with Gasteiger partial charge in [-0.05, 0) is 19.3 Å². The second kappa shape index (κ2) is 5.69. The molecule has 0 saturated heterocycles. The van der Waals surface area contributed by atoms with Crippen LogP contribution in [0.2, 0.25) is 0 Å². The zero-order valence-electron chi connectivity index (χ0n) is 9.86. The molecule has 0 amide bonds. The minimum atomic E-state index is 0.260. The molecule has 0 aliphatic heterocycles. The van der Waals surface area contributed by atoms with E-state index in [2.05, 4.69) is 23.4 Å². The molecule has 0 spiro atoms. The average Bonchev–Trinajstić information content (AvgIpc) is 2.52. The molecule has 15 heavy (non-hydrogen) atoms. The largest absolute Gasteiger partial charge is 0.335 e. The predicted molar refractivity (Wildman–Crippen MR) is 60.7 cm³/mol. The van der Waals surface area contributed by atoms with Crippen LogP contribution in [0.3, 0.4) is 0 Å². The van der Waals surface area contributed by atoms with Gasteiger partial charge in [0.2, 0.25) is 0 Å². The molecule has 1 heterocycles. The lowest BCUT2D eigenvalue weighted by Crippen LogP contribution is -2.10. The molecule has 1 rings (SSSR count). The molecule has 0 aliphatic carbocycles. The zero-order chi connectivity index (χ0) is 11.3. The van der Waals surface area contributed by atoms with Gasteiger partial charge in [0.15, 0.2) is 0 Å². The second-order valence-electron chi connectivity index (χ2n) is 4.25. The summed E-state index contributed by atoms with van der Waals surface area (Å²) < 4.78 is 2.18. The second-order valence-corrected chi connectivity index (χ2v) is 4.25. The van der Waals surface area contributed by atoms with Crippen LogP contribution < -0.4 is 0 Å². The first-order valence-corrected chi connectivity index (χ1v) is 5.63. The number of rotatable bonds is 6. The molecule has 1 aromatic rings. The summed E-state index contributed by atoms with van der Waals surface area (Å²) in [7, 11) is 0. The number of Topliss-reactive ketones (excluding diaryl/α,β-unsaturated/α-hetero) is 1. The van der Waals surface area contributed by atoms with Gasteiger partial charge in [-0.15, -0.1) is 0 Å². The Morgan fingerprint density at radius 2 is 2.33 bits per heavy atom. The van der Waals surface area contributed by atoms with Crippen LogP contribution >= 0.6 is 0 Å². The van der Waals surface area contributed by atoms with Crippen molar-refractivity contribution in [1.29, 1.82) is 0 Å². The van der Waals surface area contributed by atoms with Crippen molar-refractivity contribution in [3.8, 4) is 0 Å². The number of imidazole rings is 1. The van der Waals surface area contributed by atoms with E-state index >= 15 is 0 Å². The molecule has 0 saturated carbocycles. The van der Waals surface area contributed by atoms with E-state index in [1.165, 1.54) is 0 Å². The first-order chi connectivity index (χ1) is 7.13. The van der Waals surface area contributed by atoms with E-state index in [0.717, 1.165) is 25.2 Å². The van der Waals surface area contributed by atoms with Gasteiger partial charge >= 0.3 is 0 Å². The Kier molecular flexibility index (Phi) is 4.53. The Labute approximate surface area is 91.5 Å². The van der Waals surface area contributed by atoms with Gasteiger partial charge in [0.25, 0.3) is 0 Å². The van der Waals surface area contributed by atoms with Crippen LogP contribution in [-0.4, -0.2) is 15.3 Å². The van der Waals surface area contributed by atoms with Crippen LogP contribution in [-0.2, 0) is 17.8 Å².